The molecule has 0 fully saturated rings. The van der Waals surface area contributed by atoms with E-state index < -0.39 is 0 Å². The van der Waals surface area contributed by atoms with Crippen LogP contribution in [0.5, 0.6) is 11.5 Å². The number of hydrogen-bond acceptors (Lipinski definition) is 5. The molecule has 0 saturated carbocycles. The minimum Gasteiger partial charge on any atom is -0.497 e. The van der Waals surface area contributed by atoms with Crippen molar-refractivity contribution in [3.63, 3.8) is 0 Å². The monoisotopic (exact) mass is 410 g/mol. The fourth-order valence-corrected chi connectivity index (χ4v) is 3.35. The second kappa shape index (κ2) is 7.14. The number of benzene rings is 2. The Morgan fingerprint density at radius 2 is 2.17 bits per heavy atom. The second-order valence-electron chi connectivity index (χ2n) is 4.76. The maximum absolute atomic E-state index is 13.0. The zero-order valence-corrected chi connectivity index (χ0v) is 14.9. The minimum atomic E-state index is -0.386. The van der Waals surface area contributed by atoms with Crippen molar-refractivity contribution in [2.24, 2.45) is 0 Å². The Labute approximate surface area is 149 Å². The van der Waals surface area contributed by atoms with Gasteiger partial charge in [-0.05, 0) is 52.3 Å². The maximum Gasteiger partial charge on any atom is 0.264 e. The minimum absolute atomic E-state index is 0.205. The summed E-state index contributed by atoms with van der Waals surface area (Å²) in [6.45, 7) is -0.205. The molecule has 0 aliphatic rings. The topological polar surface area (TPSA) is 60.5 Å². The van der Waals surface area contributed by atoms with Gasteiger partial charge in [-0.2, -0.15) is 0 Å². The van der Waals surface area contributed by atoms with E-state index in [9.17, 15) is 9.18 Å². The number of thiazole rings is 1. The Kier molecular flexibility index (Phi) is 4.96. The fourth-order valence-electron chi connectivity index (χ4n) is 1.98. The molecule has 2 aromatic carbocycles. The average molecular weight is 411 g/mol. The number of carbonyl (C=O) groups excluding carboxylic acids is 1. The predicted molar refractivity (Wildman–Crippen MR) is 94.4 cm³/mol. The molecule has 0 radical (unpaired) electrons. The molecule has 3 rings (SSSR count). The molecule has 8 heteroatoms. The summed E-state index contributed by atoms with van der Waals surface area (Å²) in [7, 11) is 1.59. The van der Waals surface area contributed by atoms with Crippen LogP contribution in [-0.4, -0.2) is 24.6 Å². The van der Waals surface area contributed by atoms with Crippen LogP contribution in [-0.2, 0) is 4.79 Å². The zero-order chi connectivity index (χ0) is 17.1. The number of hydrogen-bond donors (Lipinski definition) is 1. The molecule has 1 amide bonds. The van der Waals surface area contributed by atoms with E-state index in [4.69, 9.17) is 9.47 Å². The molecule has 3 aromatic rings. The lowest BCUT2D eigenvalue weighted by atomic mass is 10.3. The van der Waals surface area contributed by atoms with E-state index in [-0.39, 0.29) is 18.3 Å². The van der Waals surface area contributed by atoms with Gasteiger partial charge < -0.3 is 9.47 Å². The molecule has 0 spiro atoms. The van der Waals surface area contributed by atoms with Crippen molar-refractivity contribution in [1.29, 1.82) is 0 Å². The highest BCUT2D eigenvalue weighted by molar-refractivity contribution is 9.10. The van der Waals surface area contributed by atoms with Gasteiger partial charge in [0, 0.05) is 0 Å². The Balaban J connectivity index is 1.64. The van der Waals surface area contributed by atoms with Crippen LogP contribution in [0.25, 0.3) is 10.2 Å². The highest BCUT2D eigenvalue weighted by Gasteiger charge is 2.10. The third kappa shape index (κ3) is 3.82. The third-order valence-corrected chi connectivity index (χ3v) is 4.65. The van der Waals surface area contributed by atoms with E-state index in [2.05, 4.69) is 26.2 Å². The molecule has 1 aromatic heterocycles. The van der Waals surface area contributed by atoms with Crippen molar-refractivity contribution in [3.05, 3.63) is 46.7 Å². The number of aromatic nitrogens is 1. The van der Waals surface area contributed by atoms with Crippen LogP contribution in [0.3, 0.4) is 0 Å². The SMILES string of the molecule is COc1ccc2nc(NC(=O)COc3ccc(F)cc3Br)sc2c1. The van der Waals surface area contributed by atoms with E-state index in [0.717, 1.165) is 16.0 Å². The lowest BCUT2D eigenvalue weighted by Gasteiger charge is -2.07. The lowest BCUT2D eigenvalue weighted by Crippen LogP contribution is -2.20. The number of methoxy groups -OCH3 is 1. The molecular formula is C16H12BrFN2O3S. The summed E-state index contributed by atoms with van der Waals surface area (Å²) in [5, 5.41) is 3.16. The first-order chi connectivity index (χ1) is 11.5. The van der Waals surface area contributed by atoms with Gasteiger partial charge >= 0.3 is 0 Å². The zero-order valence-electron chi connectivity index (χ0n) is 12.5. The van der Waals surface area contributed by atoms with Crippen LogP contribution in [0.1, 0.15) is 0 Å². The van der Waals surface area contributed by atoms with Gasteiger partial charge in [-0.1, -0.05) is 11.3 Å². The van der Waals surface area contributed by atoms with Crippen LogP contribution in [0.2, 0.25) is 0 Å². The molecule has 24 heavy (non-hydrogen) atoms. The summed E-state index contributed by atoms with van der Waals surface area (Å²) in [5.41, 5.74) is 0.776. The van der Waals surface area contributed by atoms with Crippen molar-refractivity contribution >= 4 is 48.5 Å². The van der Waals surface area contributed by atoms with Gasteiger partial charge in [0.15, 0.2) is 11.7 Å². The summed E-state index contributed by atoms with van der Waals surface area (Å²) in [6.07, 6.45) is 0. The largest absolute Gasteiger partial charge is 0.497 e. The number of amides is 1. The first-order valence-corrected chi connectivity index (χ1v) is 8.48. The number of nitrogens with one attached hydrogen (secondary N) is 1. The molecule has 1 N–H and O–H groups in total. The van der Waals surface area contributed by atoms with E-state index in [1.165, 1.54) is 29.5 Å². The molecule has 1 heterocycles. The molecule has 0 bridgehead atoms. The van der Waals surface area contributed by atoms with Crippen LogP contribution in [0, 0.1) is 5.82 Å². The van der Waals surface area contributed by atoms with Gasteiger partial charge in [-0.15, -0.1) is 0 Å². The summed E-state index contributed by atoms with van der Waals surface area (Å²) in [5.74, 6) is 0.384. The highest BCUT2D eigenvalue weighted by Crippen LogP contribution is 2.29. The Morgan fingerprint density at radius 3 is 2.92 bits per heavy atom. The van der Waals surface area contributed by atoms with E-state index in [0.29, 0.717) is 15.4 Å². The van der Waals surface area contributed by atoms with Crippen LogP contribution >= 0.6 is 27.3 Å². The van der Waals surface area contributed by atoms with Gasteiger partial charge in [-0.25, -0.2) is 9.37 Å². The quantitative estimate of drug-likeness (QED) is 0.683. The lowest BCUT2D eigenvalue weighted by molar-refractivity contribution is -0.118. The number of carbonyl (C=O) groups is 1. The Hall–Kier alpha value is -2.19. The van der Waals surface area contributed by atoms with Gasteiger partial charge in [0.05, 0.1) is 21.8 Å². The average Bonchev–Trinajstić information content (AvgIpc) is 2.95. The number of fused-ring (bicyclic) bond motifs is 1. The molecule has 0 unspecified atom stereocenters. The first kappa shape index (κ1) is 16.7. The summed E-state index contributed by atoms with van der Waals surface area (Å²) >= 11 is 4.53. The standard InChI is InChI=1S/C16H12BrFN2O3S/c1-22-10-3-4-12-14(7-10)24-16(19-12)20-15(21)8-23-13-5-2-9(18)6-11(13)17/h2-7H,8H2,1H3,(H,19,20,21). The Bertz CT molecular complexity index is 900. The number of anilines is 1. The molecule has 124 valence electrons. The normalized spacial score (nSPS) is 10.6. The first-order valence-electron chi connectivity index (χ1n) is 6.87. The fraction of sp³-hybridized carbons (Fsp3) is 0.125. The summed E-state index contributed by atoms with van der Waals surface area (Å²) in [4.78, 5) is 16.3. The highest BCUT2D eigenvalue weighted by atomic mass is 79.9. The van der Waals surface area contributed by atoms with E-state index in [1.807, 2.05) is 18.2 Å². The van der Waals surface area contributed by atoms with E-state index in [1.54, 1.807) is 7.11 Å². The molecule has 0 saturated heterocycles. The molecule has 5 nitrogen and oxygen atoms in total. The second-order valence-corrected chi connectivity index (χ2v) is 6.65. The van der Waals surface area contributed by atoms with E-state index >= 15 is 0 Å². The van der Waals surface area contributed by atoms with Crippen molar-refractivity contribution in [1.82, 2.24) is 4.98 Å². The van der Waals surface area contributed by atoms with Crippen LogP contribution < -0.4 is 14.8 Å². The van der Waals surface area contributed by atoms with Gasteiger partial charge in [-0.3, -0.25) is 10.1 Å². The van der Waals surface area contributed by atoms with Gasteiger partial charge in [0.2, 0.25) is 0 Å². The Morgan fingerprint density at radius 1 is 1.33 bits per heavy atom. The molecule has 0 aliphatic heterocycles. The smallest absolute Gasteiger partial charge is 0.264 e. The van der Waals surface area contributed by atoms with Gasteiger partial charge in [0.25, 0.3) is 5.91 Å². The summed E-state index contributed by atoms with van der Waals surface area (Å²) < 4.78 is 24.9. The van der Waals surface area contributed by atoms with Crippen LogP contribution in [0.4, 0.5) is 9.52 Å². The summed E-state index contributed by atoms with van der Waals surface area (Å²) in [6, 6.07) is 9.48. The maximum atomic E-state index is 13.0. The number of nitrogens with zero attached hydrogens (tertiary/aromatic N) is 1. The molecular weight excluding hydrogens is 399 g/mol. The van der Waals surface area contributed by atoms with Gasteiger partial charge in [0.1, 0.15) is 17.3 Å². The predicted octanol–water partition coefficient (Wildman–Crippen LogP) is 4.22. The van der Waals surface area contributed by atoms with Crippen LogP contribution in [0.15, 0.2) is 40.9 Å². The van der Waals surface area contributed by atoms with Crippen molar-refractivity contribution < 1.29 is 18.7 Å². The molecule has 0 aliphatic carbocycles. The van der Waals surface area contributed by atoms with Crippen molar-refractivity contribution in [2.45, 2.75) is 0 Å². The number of rotatable bonds is 5. The number of halogens is 2. The number of ether oxygens (including phenoxy) is 2. The van der Waals surface area contributed by atoms with Crippen molar-refractivity contribution in [3.8, 4) is 11.5 Å². The van der Waals surface area contributed by atoms with Crippen molar-refractivity contribution in [2.75, 3.05) is 19.0 Å². The third-order valence-electron chi connectivity index (χ3n) is 3.09. The molecule has 0 atom stereocenters.